The number of nitrogens with zero attached hydrogens (tertiary/aromatic N) is 4. The first-order valence-corrected chi connectivity index (χ1v) is 11.5. The fourth-order valence-corrected chi connectivity index (χ4v) is 3.77. The average Bonchev–Trinajstić information content (AvgIpc) is 2.84. The summed E-state index contributed by atoms with van der Waals surface area (Å²) >= 11 is 0. The van der Waals surface area contributed by atoms with Crippen LogP contribution in [0.4, 0.5) is 11.5 Å². The standard InChI is InChI=1S/C28H29N5O3/c1-18-22(24-17-32(5)27(35)25(30-24)29-21-13-15-33(36)16-14-21)7-6-8-23(18)31-26(34)19-9-11-20(12-10-19)28(2,3)4/h6-17,36H,1-5H3,(H,31,34). The number of amides is 1. The first-order chi connectivity index (χ1) is 17.0. The van der Waals surface area contributed by atoms with Crippen LogP contribution in [0.1, 0.15) is 42.3 Å². The molecule has 0 fully saturated rings. The minimum atomic E-state index is -0.347. The second kappa shape index (κ2) is 9.65. The van der Waals surface area contributed by atoms with Crippen LogP contribution in [0.2, 0.25) is 0 Å². The largest absolute Gasteiger partial charge is 0.429 e. The van der Waals surface area contributed by atoms with Crippen molar-refractivity contribution in [1.29, 1.82) is 0 Å². The Bertz CT molecular complexity index is 1540. The van der Waals surface area contributed by atoms with Gasteiger partial charge in [-0.3, -0.25) is 9.59 Å². The summed E-state index contributed by atoms with van der Waals surface area (Å²) in [6, 6.07) is 16.3. The summed E-state index contributed by atoms with van der Waals surface area (Å²) in [5, 5.41) is 12.9. The number of carbonyl (C=O) groups excluding carboxylic acids is 1. The molecule has 4 aromatic rings. The number of anilines is 1. The normalized spacial score (nSPS) is 11.2. The van der Waals surface area contributed by atoms with Gasteiger partial charge in [0, 0.05) is 42.5 Å². The van der Waals surface area contributed by atoms with E-state index in [1.54, 1.807) is 25.4 Å². The van der Waals surface area contributed by atoms with Crippen LogP contribution in [0, 0.1) is 6.92 Å². The van der Waals surface area contributed by atoms with Gasteiger partial charge in [0.15, 0.2) is 0 Å². The monoisotopic (exact) mass is 483 g/mol. The maximum atomic E-state index is 12.9. The average molecular weight is 484 g/mol. The quantitative estimate of drug-likeness (QED) is 0.415. The van der Waals surface area contributed by atoms with Crippen molar-refractivity contribution in [3.8, 4) is 11.3 Å². The molecule has 2 aromatic carbocycles. The zero-order valence-electron chi connectivity index (χ0n) is 21.0. The van der Waals surface area contributed by atoms with Gasteiger partial charge in [0.05, 0.1) is 11.1 Å². The Hall–Kier alpha value is -4.46. The molecule has 2 N–H and O–H groups in total. The molecule has 0 spiro atoms. The van der Waals surface area contributed by atoms with Crippen LogP contribution in [-0.2, 0) is 12.5 Å². The number of hydrogen-bond donors (Lipinski definition) is 2. The summed E-state index contributed by atoms with van der Waals surface area (Å²) in [4.78, 5) is 34.5. The summed E-state index contributed by atoms with van der Waals surface area (Å²) in [5.74, 6) is -0.177. The molecule has 0 radical (unpaired) electrons. The summed E-state index contributed by atoms with van der Waals surface area (Å²) in [7, 11) is 1.64. The molecule has 2 aromatic heterocycles. The predicted octanol–water partition coefficient (Wildman–Crippen LogP) is 4.58. The van der Waals surface area contributed by atoms with E-state index in [4.69, 9.17) is 0 Å². The molecule has 0 aliphatic heterocycles. The molecule has 0 saturated carbocycles. The zero-order chi connectivity index (χ0) is 26.0. The molecule has 8 heteroatoms. The van der Waals surface area contributed by atoms with Crippen LogP contribution in [0.25, 0.3) is 11.3 Å². The van der Waals surface area contributed by atoms with Crippen molar-refractivity contribution >= 4 is 17.4 Å². The van der Waals surface area contributed by atoms with Gasteiger partial charge >= 0.3 is 0 Å². The minimum Gasteiger partial charge on any atom is -0.429 e. The molecular weight excluding hydrogens is 454 g/mol. The molecule has 8 nitrogen and oxygen atoms in total. The van der Waals surface area contributed by atoms with Crippen molar-refractivity contribution in [2.45, 2.75) is 33.1 Å². The fraction of sp³-hybridized carbons (Fsp3) is 0.214. The summed E-state index contributed by atoms with van der Waals surface area (Å²) < 4.78 is 2.32. The van der Waals surface area contributed by atoms with Crippen LogP contribution in [0.3, 0.4) is 0 Å². The van der Waals surface area contributed by atoms with Gasteiger partial charge in [-0.15, -0.1) is 0 Å². The van der Waals surface area contributed by atoms with Crippen LogP contribution in [0.5, 0.6) is 0 Å². The topological polar surface area (TPSA) is 102 Å². The third kappa shape index (κ3) is 5.27. The number of nitrogens with one attached hydrogen (secondary N) is 1. The van der Waals surface area contributed by atoms with Gasteiger partial charge in [-0.2, -0.15) is 0 Å². The highest BCUT2D eigenvalue weighted by Gasteiger charge is 2.16. The highest BCUT2D eigenvalue weighted by molar-refractivity contribution is 6.05. The fourth-order valence-electron chi connectivity index (χ4n) is 3.77. The summed E-state index contributed by atoms with van der Waals surface area (Å²) in [6.45, 7) is 8.29. The van der Waals surface area contributed by atoms with Crippen molar-refractivity contribution in [1.82, 2.24) is 14.3 Å². The number of pyridine rings is 1. The van der Waals surface area contributed by atoms with Crippen molar-refractivity contribution in [2.75, 3.05) is 5.32 Å². The Morgan fingerprint density at radius 2 is 1.69 bits per heavy atom. The predicted molar refractivity (Wildman–Crippen MR) is 140 cm³/mol. The Kier molecular flexibility index (Phi) is 6.61. The molecule has 184 valence electrons. The van der Waals surface area contributed by atoms with E-state index >= 15 is 0 Å². The van der Waals surface area contributed by atoms with Gasteiger partial charge in [0.2, 0.25) is 5.82 Å². The van der Waals surface area contributed by atoms with E-state index in [1.165, 1.54) is 17.0 Å². The summed E-state index contributed by atoms with van der Waals surface area (Å²) in [6.07, 6.45) is 4.48. The first kappa shape index (κ1) is 24.7. The van der Waals surface area contributed by atoms with Gasteiger partial charge in [0.25, 0.3) is 11.5 Å². The molecule has 0 unspecified atom stereocenters. The second-order valence-corrected chi connectivity index (χ2v) is 9.67. The minimum absolute atomic E-state index is 0.00902. The van der Waals surface area contributed by atoms with Gasteiger partial charge < -0.3 is 15.1 Å². The number of hydrogen-bond acceptors (Lipinski definition) is 5. The number of benzene rings is 2. The Balaban J connectivity index is 1.67. The third-order valence-corrected chi connectivity index (χ3v) is 5.96. The molecule has 0 bridgehead atoms. The van der Waals surface area contributed by atoms with Crippen LogP contribution < -0.4 is 16.2 Å². The number of aryl methyl sites for hydroxylation is 1. The molecule has 1 amide bonds. The highest BCUT2D eigenvalue weighted by Crippen LogP contribution is 2.28. The van der Waals surface area contributed by atoms with E-state index in [-0.39, 0.29) is 22.7 Å². The van der Waals surface area contributed by atoms with E-state index in [1.807, 2.05) is 49.4 Å². The SMILES string of the molecule is Cc1c(NC(=O)c2ccc(C(C)(C)C)cc2)cccc1-c1cn(C)c(=O)c(N=c2ccn(O)cc2)n1. The molecular formula is C28H29N5O3. The molecule has 4 rings (SSSR count). The van der Waals surface area contributed by atoms with E-state index in [0.717, 1.165) is 21.4 Å². The van der Waals surface area contributed by atoms with Gasteiger partial charge in [-0.25, -0.2) is 14.7 Å². The molecule has 0 saturated heterocycles. The zero-order valence-corrected chi connectivity index (χ0v) is 21.0. The number of rotatable bonds is 4. The maximum absolute atomic E-state index is 12.9. The van der Waals surface area contributed by atoms with Crippen LogP contribution in [-0.4, -0.2) is 25.4 Å². The smallest absolute Gasteiger partial charge is 0.295 e. The van der Waals surface area contributed by atoms with E-state index in [0.29, 0.717) is 22.3 Å². The lowest BCUT2D eigenvalue weighted by atomic mass is 9.86. The molecule has 2 heterocycles. The number of aromatic nitrogens is 3. The highest BCUT2D eigenvalue weighted by atomic mass is 16.5. The van der Waals surface area contributed by atoms with E-state index in [2.05, 4.69) is 36.1 Å². The molecule has 0 aliphatic rings. The maximum Gasteiger partial charge on any atom is 0.295 e. The molecule has 0 aliphatic carbocycles. The molecule has 0 atom stereocenters. The van der Waals surface area contributed by atoms with E-state index in [9.17, 15) is 14.8 Å². The van der Waals surface area contributed by atoms with Gasteiger partial charge in [-0.1, -0.05) is 45.0 Å². The Labute approximate surface area is 209 Å². The Morgan fingerprint density at radius 3 is 2.33 bits per heavy atom. The summed E-state index contributed by atoms with van der Waals surface area (Å²) in [5.41, 5.74) is 4.18. The number of carbonyl (C=O) groups is 1. The van der Waals surface area contributed by atoms with Crippen molar-refractivity contribution in [3.05, 3.63) is 106 Å². The van der Waals surface area contributed by atoms with Crippen molar-refractivity contribution in [3.63, 3.8) is 0 Å². The lowest BCUT2D eigenvalue weighted by Gasteiger charge is -2.19. The van der Waals surface area contributed by atoms with Crippen LogP contribution in [0.15, 0.2) is 83.0 Å². The van der Waals surface area contributed by atoms with Gasteiger partial charge in [-0.05, 0) is 53.8 Å². The second-order valence-electron chi connectivity index (χ2n) is 9.67. The lowest BCUT2D eigenvalue weighted by molar-refractivity contribution is 0.102. The first-order valence-electron chi connectivity index (χ1n) is 11.5. The van der Waals surface area contributed by atoms with Crippen LogP contribution >= 0.6 is 0 Å². The lowest BCUT2D eigenvalue weighted by Crippen LogP contribution is -2.19. The van der Waals surface area contributed by atoms with Crippen molar-refractivity contribution in [2.24, 2.45) is 12.0 Å². The Morgan fingerprint density at radius 1 is 1.03 bits per heavy atom. The third-order valence-electron chi connectivity index (χ3n) is 5.96. The molecule has 36 heavy (non-hydrogen) atoms. The van der Waals surface area contributed by atoms with Crippen molar-refractivity contribution < 1.29 is 10.0 Å². The van der Waals surface area contributed by atoms with E-state index < -0.39 is 0 Å². The van der Waals surface area contributed by atoms with Gasteiger partial charge in [0.1, 0.15) is 0 Å².